The minimum atomic E-state index is -0.922. The van der Waals surface area contributed by atoms with Crippen LogP contribution in [0.2, 0.25) is 0 Å². The number of aliphatic carboxylic acids is 1. The molecule has 3 N–H and O–H groups in total. The smallest absolute Gasteiger partial charge is 0.328 e. The third-order valence-electron chi connectivity index (χ3n) is 2.28. The van der Waals surface area contributed by atoms with Crippen molar-refractivity contribution in [2.24, 2.45) is 5.73 Å². The molecule has 0 aliphatic rings. The van der Waals surface area contributed by atoms with Gasteiger partial charge in [0.15, 0.2) is 0 Å². The Morgan fingerprint density at radius 3 is 1.80 bits per heavy atom. The SMILES string of the molecule is NC(=O)c1ccccc1.O=C(O)C=Cc1ccccc1. The predicted molar refractivity (Wildman–Crippen MR) is 78.1 cm³/mol. The Hall–Kier alpha value is -2.88. The van der Waals surface area contributed by atoms with Crippen molar-refractivity contribution in [2.45, 2.75) is 0 Å². The number of primary amides is 1. The zero-order valence-electron chi connectivity index (χ0n) is 10.8. The molecule has 0 saturated carbocycles. The summed E-state index contributed by atoms with van der Waals surface area (Å²) in [5.74, 6) is -1.30. The summed E-state index contributed by atoms with van der Waals surface area (Å²) in [6.07, 6.45) is 2.68. The van der Waals surface area contributed by atoms with Gasteiger partial charge in [0.1, 0.15) is 0 Å². The van der Waals surface area contributed by atoms with Crippen LogP contribution >= 0.6 is 0 Å². The van der Waals surface area contributed by atoms with Crippen LogP contribution < -0.4 is 5.73 Å². The Balaban J connectivity index is 0.000000204. The highest BCUT2D eigenvalue weighted by Gasteiger charge is 1.93. The lowest BCUT2D eigenvalue weighted by molar-refractivity contribution is -0.131. The minimum Gasteiger partial charge on any atom is -0.478 e. The van der Waals surface area contributed by atoms with Crippen LogP contribution in [0, 0.1) is 0 Å². The van der Waals surface area contributed by atoms with Gasteiger partial charge in [-0.2, -0.15) is 0 Å². The van der Waals surface area contributed by atoms with E-state index in [4.69, 9.17) is 10.8 Å². The van der Waals surface area contributed by atoms with Crippen LogP contribution in [0.4, 0.5) is 0 Å². The summed E-state index contributed by atoms with van der Waals surface area (Å²) in [5.41, 5.74) is 6.43. The molecule has 0 fully saturated rings. The van der Waals surface area contributed by atoms with Crippen LogP contribution in [0.1, 0.15) is 15.9 Å². The summed E-state index contributed by atoms with van der Waals surface area (Å²) in [7, 11) is 0. The van der Waals surface area contributed by atoms with E-state index in [1.165, 1.54) is 0 Å². The van der Waals surface area contributed by atoms with E-state index < -0.39 is 5.97 Å². The molecule has 2 aromatic rings. The van der Waals surface area contributed by atoms with Crippen molar-refractivity contribution in [2.75, 3.05) is 0 Å². The molecule has 0 unspecified atom stereocenters. The summed E-state index contributed by atoms with van der Waals surface area (Å²) in [4.78, 5) is 20.5. The number of hydrogen-bond donors (Lipinski definition) is 2. The molecule has 0 saturated heterocycles. The lowest BCUT2D eigenvalue weighted by Gasteiger charge is -1.89. The molecule has 0 radical (unpaired) electrons. The van der Waals surface area contributed by atoms with Gasteiger partial charge in [-0.1, -0.05) is 48.5 Å². The second kappa shape index (κ2) is 8.26. The Bertz CT molecular complexity index is 577. The molecule has 20 heavy (non-hydrogen) atoms. The van der Waals surface area contributed by atoms with Crippen molar-refractivity contribution >= 4 is 18.0 Å². The average Bonchev–Trinajstić information content (AvgIpc) is 2.48. The molecule has 1 amide bonds. The number of carbonyl (C=O) groups is 2. The molecular weight excluding hydrogens is 254 g/mol. The maximum Gasteiger partial charge on any atom is 0.328 e. The third-order valence-corrected chi connectivity index (χ3v) is 2.28. The van der Waals surface area contributed by atoms with Gasteiger partial charge >= 0.3 is 5.97 Å². The number of rotatable bonds is 3. The largest absolute Gasteiger partial charge is 0.478 e. The normalized spacial score (nSPS) is 9.60. The molecule has 2 aromatic carbocycles. The van der Waals surface area contributed by atoms with E-state index in [-0.39, 0.29) is 5.91 Å². The molecule has 2 rings (SSSR count). The van der Waals surface area contributed by atoms with Crippen LogP contribution in [-0.4, -0.2) is 17.0 Å². The average molecular weight is 269 g/mol. The van der Waals surface area contributed by atoms with Gasteiger partial charge in [0.2, 0.25) is 5.91 Å². The maximum absolute atomic E-state index is 10.4. The predicted octanol–water partition coefficient (Wildman–Crippen LogP) is 2.57. The van der Waals surface area contributed by atoms with Gasteiger partial charge in [-0.15, -0.1) is 0 Å². The molecule has 0 spiro atoms. The van der Waals surface area contributed by atoms with E-state index in [0.29, 0.717) is 5.56 Å². The van der Waals surface area contributed by atoms with E-state index in [1.54, 1.807) is 30.3 Å². The molecule has 4 nitrogen and oxygen atoms in total. The molecule has 0 aliphatic heterocycles. The fourth-order valence-electron chi connectivity index (χ4n) is 1.33. The van der Waals surface area contributed by atoms with E-state index >= 15 is 0 Å². The van der Waals surface area contributed by atoms with Crippen molar-refractivity contribution in [1.82, 2.24) is 0 Å². The summed E-state index contributed by atoms with van der Waals surface area (Å²) in [6, 6.07) is 18.1. The fraction of sp³-hybridized carbons (Fsp3) is 0. The fourth-order valence-corrected chi connectivity index (χ4v) is 1.33. The Labute approximate surface area is 117 Å². The molecule has 4 heteroatoms. The van der Waals surface area contributed by atoms with Gasteiger partial charge in [-0.3, -0.25) is 4.79 Å². The van der Waals surface area contributed by atoms with Gasteiger partial charge < -0.3 is 10.8 Å². The number of amides is 1. The van der Waals surface area contributed by atoms with Crippen molar-refractivity contribution in [1.29, 1.82) is 0 Å². The Morgan fingerprint density at radius 1 is 0.900 bits per heavy atom. The third kappa shape index (κ3) is 6.16. The van der Waals surface area contributed by atoms with Gasteiger partial charge in [0, 0.05) is 11.6 Å². The molecule has 102 valence electrons. The van der Waals surface area contributed by atoms with Gasteiger partial charge in [0.25, 0.3) is 0 Å². The lowest BCUT2D eigenvalue weighted by atomic mass is 10.2. The summed E-state index contributed by atoms with van der Waals surface area (Å²) in [5, 5.41) is 8.29. The molecule has 0 bridgehead atoms. The van der Waals surface area contributed by atoms with Crippen LogP contribution in [0.5, 0.6) is 0 Å². The lowest BCUT2D eigenvalue weighted by Crippen LogP contribution is -2.09. The van der Waals surface area contributed by atoms with E-state index in [1.807, 2.05) is 36.4 Å². The standard InChI is InChI=1S/C9H8O2.C7H7NO/c10-9(11)7-6-8-4-2-1-3-5-8;8-7(9)6-4-2-1-3-5-6/h1-7H,(H,10,11);1-5H,(H2,8,9). The van der Waals surface area contributed by atoms with E-state index in [0.717, 1.165) is 11.6 Å². The highest BCUT2D eigenvalue weighted by molar-refractivity contribution is 5.92. The quantitative estimate of drug-likeness (QED) is 0.840. The second-order valence-corrected chi connectivity index (χ2v) is 3.81. The van der Waals surface area contributed by atoms with Crippen LogP contribution in [-0.2, 0) is 4.79 Å². The Kier molecular flexibility index (Phi) is 6.27. The summed E-state index contributed by atoms with van der Waals surface area (Å²) in [6.45, 7) is 0. The monoisotopic (exact) mass is 269 g/mol. The number of carboxylic acids is 1. The van der Waals surface area contributed by atoms with Gasteiger partial charge in [-0.25, -0.2) is 4.79 Å². The first-order valence-corrected chi connectivity index (χ1v) is 5.90. The van der Waals surface area contributed by atoms with Crippen LogP contribution in [0.3, 0.4) is 0 Å². The maximum atomic E-state index is 10.4. The number of benzene rings is 2. The highest BCUT2D eigenvalue weighted by atomic mass is 16.4. The second-order valence-electron chi connectivity index (χ2n) is 3.81. The first-order chi connectivity index (χ1) is 9.59. The molecular formula is C16H15NO3. The molecule has 0 heterocycles. The van der Waals surface area contributed by atoms with Crippen LogP contribution in [0.25, 0.3) is 6.08 Å². The van der Waals surface area contributed by atoms with Gasteiger partial charge in [-0.05, 0) is 23.8 Å². The van der Waals surface area contributed by atoms with E-state index in [9.17, 15) is 9.59 Å². The van der Waals surface area contributed by atoms with Crippen molar-refractivity contribution in [3.8, 4) is 0 Å². The molecule has 0 aromatic heterocycles. The number of hydrogen-bond acceptors (Lipinski definition) is 2. The number of carbonyl (C=O) groups excluding carboxylic acids is 1. The highest BCUT2D eigenvalue weighted by Crippen LogP contribution is 2.00. The number of carboxylic acid groups (broad SMARTS) is 1. The minimum absolute atomic E-state index is 0.379. The zero-order valence-corrected chi connectivity index (χ0v) is 10.8. The van der Waals surface area contributed by atoms with E-state index in [2.05, 4.69) is 0 Å². The van der Waals surface area contributed by atoms with Crippen LogP contribution in [0.15, 0.2) is 66.7 Å². The van der Waals surface area contributed by atoms with Crippen molar-refractivity contribution < 1.29 is 14.7 Å². The topological polar surface area (TPSA) is 80.4 Å². The van der Waals surface area contributed by atoms with Crippen molar-refractivity contribution in [3.63, 3.8) is 0 Å². The first-order valence-electron chi connectivity index (χ1n) is 5.90. The molecule has 0 aliphatic carbocycles. The zero-order chi connectivity index (χ0) is 14.8. The summed E-state index contributed by atoms with van der Waals surface area (Å²) >= 11 is 0. The summed E-state index contributed by atoms with van der Waals surface area (Å²) < 4.78 is 0. The van der Waals surface area contributed by atoms with Crippen molar-refractivity contribution in [3.05, 3.63) is 77.9 Å². The Morgan fingerprint density at radius 2 is 1.40 bits per heavy atom. The number of nitrogens with two attached hydrogens (primary N) is 1. The first kappa shape index (κ1) is 15.2. The molecule has 0 atom stereocenters. The van der Waals surface area contributed by atoms with Gasteiger partial charge in [0.05, 0.1) is 0 Å².